The van der Waals surface area contributed by atoms with E-state index in [9.17, 15) is 10.2 Å². The summed E-state index contributed by atoms with van der Waals surface area (Å²) in [6.07, 6.45) is 1.58. The van der Waals surface area contributed by atoms with Crippen LogP contribution in [0.3, 0.4) is 0 Å². The van der Waals surface area contributed by atoms with Gasteiger partial charge in [0.25, 0.3) is 0 Å². The normalized spacial score (nSPS) is 11.5. The Bertz CT molecular complexity index is 1180. The van der Waals surface area contributed by atoms with Gasteiger partial charge in [0.2, 0.25) is 0 Å². The molecule has 134 valence electrons. The zero-order chi connectivity index (χ0) is 19.0. The molecule has 4 rings (SSSR count). The van der Waals surface area contributed by atoms with E-state index in [1.165, 1.54) is 0 Å². The first-order chi connectivity index (χ1) is 13.0. The summed E-state index contributed by atoms with van der Waals surface area (Å²) in [4.78, 5) is 12.2. The molecule has 0 saturated heterocycles. The maximum Gasteiger partial charge on any atom is 0.142 e. The van der Waals surface area contributed by atoms with Crippen LogP contribution in [0, 0.1) is 6.92 Å². The lowest BCUT2D eigenvalue weighted by molar-refractivity contribution is 0.474. The fraction of sp³-hybridized carbons (Fsp3) is 0.0476. The first kappa shape index (κ1) is 17.3. The van der Waals surface area contributed by atoms with Gasteiger partial charge in [0.15, 0.2) is 0 Å². The molecule has 0 spiro atoms. The number of benzene rings is 3. The Morgan fingerprint density at radius 2 is 1.81 bits per heavy atom. The molecule has 1 aromatic heterocycles. The molecule has 0 amide bonds. The summed E-state index contributed by atoms with van der Waals surface area (Å²) in [6, 6.07) is 16.1. The van der Waals surface area contributed by atoms with Crippen molar-refractivity contribution in [3.8, 4) is 22.9 Å². The van der Waals surface area contributed by atoms with E-state index in [1.54, 1.807) is 42.6 Å². The number of imidazole rings is 1. The molecule has 0 radical (unpaired) electrons. The number of rotatable bonds is 3. The number of halogens is 1. The number of nitrogens with one attached hydrogen (secondary N) is 1. The Labute approximate surface area is 164 Å². The Kier molecular flexibility index (Phi) is 4.41. The number of hydrogen-bond acceptors (Lipinski definition) is 4. The van der Waals surface area contributed by atoms with E-state index in [1.807, 2.05) is 25.1 Å². The van der Waals surface area contributed by atoms with Gasteiger partial charge in [0, 0.05) is 16.3 Å². The van der Waals surface area contributed by atoms with Crippen molar-refractivity contribution in [2.75, 3.05) is 0 Å². The van der Waals surface area contributed by atoms with Crippen LogP contribution in [-0.4, -0.2) is 26.4 Å². The molecule has 0 saturated carbocycles. The van der Waals surface area contributed by atoms with Crippen LogP contribution in [0.4, 0.5) is 5.69 Å². The molecule has 0 bridgehead atoms. The number of aromatic amines is 1. The molecular weight excluding hydrogens is 406 g/mol. The van der Waals surface area contributed by atoms with Crippen molar-refractivity contribution >= 4 is 38.9 Å². The van der Waals surface area contributed by atoms with E-state index in [0.717, 1.165) is 21.1 Å². The summed E-state index contributed by atoms with van der Waals surface area (Å²) < 4.78 is 0.853. The van der Waals surface area contributed by atoms with Gasteiger partial charge >= 0.3 is 0 Å². The summed E-state index contributed by atoms with van der Waals surface area (Å²) in [7, 11) is 0. The highest BCUT2D eigenvalue weighted by molar-refractivity contribution is 9.10. The first-order valence-electron chi connectivity index (χ1n) is 8.32. The Morgan fingerprint density at radius 1 is 1.00 bits per heavy atom. The third-order valence-corrected chi connectivity index (χ3v) is 4.71. The highest BCUT2D eigenvalue weighted by Gasteiger charge is 2.11. The molecule has 27 heavy (non-hydrogen) atoms. The van der Waals surface area contributed by atoms with Crippen molar-refractivity contribution in [3.05, 3.63) is 70.2 Å². The first-order valence-corrected chi connectivity index (χ1v) is 9.11. The molecule has 0 aliphatic carbocycles. The van der Waals surface area contributed by atoms with Gasteiger partial charge in [-0.3, -0.25) is 4.99 Å². The van der Waals surface area contributed by atoms with Crippen LogP contribution >= 0.6 is 15.9 Å². The number of aryl methyl sites for hydroxylation is 1. The zero-order valence-electron chi connectivity index (χ0n) is 14.4. The van der Waals surface area contributed by atoms with E-state index in [-0.39, 0.29) is 11.5 Å². The fourth-order valence-corrected chi connectivity index (χ4v) is 3.20. The molecule has 3 aromatic carbocycles. The summed E-state index contributed by atoms with van der Waals surface area (Å²) >= 11 is 3.38. The maximum absolute atomic E-state index is 10.3. The summed E-state index contributed by atoms with van der Waals surface area (Å²) in [5.74, 6) is 0.846. The number of H-pyrrole nitrogens is 1. The minimum absolute atomic E-state index is 0.120. The number of hydrogen-bond donors (Lipinski definition) is 3. The second kappa shape index (κ2) is 6.89. The van der Waals surface area contributed by atoms with Crippen molar-refractivity contribution in [2.24, 2.45) is 4.99 Å². The number of aliphatic imine (C=N–C) groups is 1. The SMILES string of the molecule is Cc1ccc2nc(-c3cc(N=Cc4cc(Br)ccc4O)ccc3O)[nH]c2c1. The van der Waals surface area contributed by atoms with Gasteiger partial charge in [-0.05, 0) is 61.0 Å². The lowest BCUT2D eigenvalue weighted by Gasteiger charge is -2.03. The van der Waals surface area contributed by atoms with Gasteiger partial charge in [0.1, 0.15) is 17.3 Å². The van der Waals surface area contributed by atoms with E-state index < -0.39 is 0 Å². The average molecular weight is 422 g/mol. The lowest BCUT2D eigenvalue weighted by Crippen LogP contribution is -1.84. The van der Waals surface area contributed by atoms with Crippen molar-refractivity contribution in [2.45, 2.75) is 6.92 Å². The molecule has 3 N–H and O–H groups in total. The van der Waals surface area contributed by atoms with Crippen LogP contribution in [0.1, 0.15) is 11.1 Å². The largest absolute Gasteiger partial charge is 0.507 e. The molecule has 0 atom stereocenters. The second-order valence-corrected chi connectivity index (χ2v) is 7.18. The van der Waals surface area contributed by atoms with E-state index in [2.05, 4.69) is 30.9 Å². The van der Waals surface area contributed by atoms with Crippen LogP contribution in [-0.2, 0) is 0 Å². The van der Waals surface area contributed by atoms with Gasteiger partial charge in [-0.2, -0.15) is 0 Å². The van der Waals surface area contributed by atoms with Crippen molar-refractivity contribution < 1.29 is 10.2 Å². The maximum atomic E-state index is 10.3. The molecule has 0 aliphatic rings. The van der Waals surface area contributed by atoms with Crippen molar-refractivity contribution in [1.82, 2.24) is 9.97 Å². The summed E-state index contributed by atoms with van der Waals surface area (Å²) in [6.45, 7) is 2.02. The van der Waals surface area contributed by atoms with Gasteiger partial charge in [-0.1, -0.05) is 22.0 Å². The fourth-order valence-electron chi connectivity index (χ4n) is 2.82. The average Bonchev–Trinajstić information content (AvgIpc) is 3.06. The number of fused-ring (bicyclic) bond motifs is 1. The van der Waals surface area contributed by atoms with Gasteiger partial charge in [-0.15, -0.1) is 0 Å². The molecule has 4 aromatic rings. The van der Waals surface area contributed by atoms with E-state index in [0.29, 0.717) is 22.6 Å². The predicted molar refractivity (Wildman–Crippen MR) is 111 cm³/mol. The molecule has 6 heteroatoms. The minimum atomic E-state index is 0.120. The topological polar surface area (TPSA) is 81.5 Å². The molecular formula is C21H16BrN3O2. The monoisotopic (exact) mass is 421 g/mol. The van der Waals surface area contributed by atoms with Crippen LogP contribution in [0.5, 0.6) is 11.5 Å². The smallest absolute Gasteiger partial charge is 0.142 e. The summed E-state index contributed by atoms with van der Waals surface area (Å²) in [5, 5.41) is 20.2. The van der Waals surface area contributed by atoms with Crippen molar-refractivity contribution in [3.63, 3.8) is 0 Å². The van der Waals surface area contributed by atoms with Gasteiger partial charge < -0.3 is 15.2 Å². The number of nitrogens with zero attached hydrogens (tertiary/aromatic N) is 2. The Hall–Kier alpha value is -3.12. The molecule has 5 nitrogen and oxygen atoms in total. The van der Waals surface area contributed by atoms with Crippen molar-refractivity contribution in [1.29, 1.82) is 0 Å². The van der Waals surface area contributed by atoms with Crippen LogP contribution < -0.4 is 0 Å². The quantitative estimate of drug-likeness (QED) is 0.384. The predicted octanol–water partition coefficient (Wildman–Crippen LogP) is 5.46. The molecule has 0 aliphatic heterocycles. The van der Waals surface area contributed by atoms with Crippen LogP contribution in [0.25, 0.3) is 22.4 Å². The zero-order valence-corrected chi connectivity index (χ0v) is 16.0. The lowest BCUT2D eigenvalue weighted by atomic mass is 10.1. The van der Waals surface area contributed by atoms with E-state index in [4.69, 9.17) is 0 Å². The van der Waals surface area contributed by atoms with Crippen LogP contribution in [0.15, 0.2) is 64.1 Å². The number of phenols is 2. The molecule has 1 heterocycles. The minimum Gasteiger partial charge on any atom is -0.507 e. The highest BCUT2D eigenvalue weighted by Crippen LogP contribution is 2.32. The number of aromatic hydroxyl groups is 2. The van der Waals surface area contributed by atoms with Gasteiger partial charge in [0.05, 0.1) is 22.3 Å². The third-order valence-electron chi connectivity index (χ3n) is 4.21. The Morgan fingerprint density at radius 3 is 2.67 bits per heavy atom. The number of phenolic OH excluding ortho intramolecular Hbond substituents is 2. The molecule has 0 unspecified atom stereocenters. The van der Waals surface area contributed by atoms with E-state index >= 15 is 0 Å². The van der Waals surface area contributed by atoms with Crippen LogP contribution in [0.2, 0.25) is 0 Å². The number of aromatic nitrogens is 2. The highest BCUT2D eigenvalue weighted by atomic mass is 79.9. The summed E-state index contributed by atoms with van der Waals surface area (Å²) in [5.41, 5.74) is 4.68. The third kappa shape index (κ3) is 3.57. The second-order valence-electron chi connectivity index (χ2n) is 6.27. The van der Waals surface area contributed by atoms with Gasteiger partial charge in [-0.25, -0.2) is 4.98 Å². The molecule has 0 fully saturated rings. The Balaban J connectivity index is 1.72. The standard InChI is InChI=1S/C21H16BrN3O2/c1-12-2-5-17-18(8-12)25-21(24-17)16-10-15(4-7-20(16)27)23-11-13-9-14(22)3-6-19(13)26/h2-11,26-27H,1H3,(H,24,25).